The second-order valence-corrected chi connectivity index (χ2v) is 5.84. The van der Waals surface area contributed by atoms with Crippen molar-refractivity contribution in [3.05, 3.63) is 0 Å². The molecule has 4 heteroatoms. The van der Waals surface area contributed by atoms with Crippen LogP contribution >= 0.6 is 0 Å². The second kappa shape index (κ2) is 5.36. The average molecular weight is 242 g/mol. The summed E-state index contributed by atoms with van der Waals surface area (Å²) in [6, 6.07) is 0. The molecule has 3 N–H and O–H groups in total. The minimum Gasteiger partial charge on any atom is -0.374 e. The highest BCUT2D eigenvalue weighted by molar-refractivity contribution is 5.80. The van der Waals surface area contributed by atoms with Crippen LogP contribution in [0.3, 0.4) is 0 Å². The van der Waals surface area contributed by atoms with Crippen molar-refractivity contribution < 1.29 is 9.53 Å². The number of nitrogens with two attached hydrogens (primary N) is 1. The Balaban J connectivity index is 2.64. The van der Waals surface area contributed by atoms with Crippen LogP contribution in [0.1, 0.15) is 41.0 Å². The van der Waals surface area contributed by atoms with Crippen LogP contribution in [-0.4, -0.2) is 30.2 Å². The Kier molecular flexibility index (Phi) is 4.55. The van der Waals surface area contributed by atoms with Crippen LogP contribution in [0.5, 0.6) is 0 Å². The SMILES string of the molecule is CC1OC(C)C(C(=O)NC(C)(C)CCN)C1C. The summed E-state index contributed by atoms with van der Waals surface area (Å²) in [4.78, 5) is 12.3. The smallest absolute Gasteiger partial charge is 0.226 e. The number of carbonyl (C=O) groups is 1. The zero-order valence-corrected chi connectivity index (χ0v) is 11.6. The molecule has 0 aromatic heterocycles. The topological polar surface area (TPSA) is 64.3 Å². The first kappa shape index (κ1) is 14.5. The maximum atomic E-state index is 12.3. The van der Waals surface area contributed by atoms with Crippen LogP contribution in [0.4, 0.5) is 0 Å². The number of nitrogens with one attached hydrogen (secondary N) is 1. The number of rotatable bonds is 4. The van der Waals surface area contributed by atoms with Gasteiger partial charge in [-0.1, -0.05) is 6.92 Å². The quantitative estimate of drug-likeness (QED) is 0.781. The molecule has 1 saturated heterocycles. The van der Waals surface area contributed by atoms with Crippen molar-refractivity contribution in [1.82, 2.24) is 5.32 Å². The first-order valence-corrected chi connectivity index (χ1v) is 6.46. The molecule has 0 radical (unpaired) electrons. The van der Waals surface area contributed by atoms with Gasteiger partial charge in [-0.3, -0.25) is 4.79 Å². The molecule has 1 fully saturated rings. The Hall–Kier alpha value is -0.610. The molecule has 1 aliphatic heterocycles. The fraction of sp³-hybridized carbons (Fsp3) is 0.923. The number of hydrogen-bond donors (Lipinski definition) is 2. The molecular weight excluding hydrogens is 216 g/mol. The predicted octanol–water partition coefficient (Wildman–Crippen LogP) is 1.29. The van der Waals surface area contributed by atoms with Crippen LogP contribution in [0.15, 0.2) is 0 Å². The summed E-state index contributed by atoms with van der Waals surface area (Å²) in [6.07, 6.45) is 0.928. The van der Waals surface area contributed by atoms with Crippen molar-refractivity contribution in [1.29, 1.82) is 0 Å². The molecule has 0 aliphatic carbocycles. The first-order valence-electron chi connectivity index (χ1n) is 6.46. The van der Waals surface area contributed by atoms with Crippen molar-refractivity contribution in [2.45, 2.75) is 58.8 Å². The van der Waals surface area contributed by atoms with Crippen LogP contribution < -0.4 is 11.1 Å². The van der Waals surface area contributed by atoms with Gasteiger partial charge in [0.15, 0.2) is 0 Å². The van der Waals surface area contributed by atoms with Crippen LogP contribution in [-0.2, 0) is 9.53 Å². The van der Waals surface area contributed by atoms with Gasteiger partial charge in [0.25, 0.3) is 0 Å². The van der Waals surface area contributed by atoms with Crippen molar-refractivity contribution in [3.8, 4) is 0 Å². The standard InChI is InChI=1S/C13H26N2O2/c1-8-9(2)17-10(3)11(8)12(16)15-13(4,5)6-7-14/h8-11H,6-7,14H2,1-5H3,(H,15,16). The molecule has 0 aromatic carbocycles. The van der Waals surface area contributed by atoms with E-state index in [1.54, 1.807) is 0 Å². The van der Waals surface area contributed by atoms with Crippen LogP contribution in [0.2, 0.25) is 0 Å². The van der Waals surface area contributed by atoms with Crippen molar-refractivity contribution in [2.75, 3.05) is 6.54 Å². The molecule has 1 aliphatic rings. The van der Waals surface area contributed by atoms with Crippen LogP contribution in [0.25, 0.3) is 0 Å². The highest BCUT2D eigenvalue weighted by Gasteiger charge is 2.42. The largest absolute Gasteiger partial charge is 0.374 e. The third kappa shape index (κ3) is 3.42. The zero-order valence-electron chi connectivity index (χ0n) is 11.6. The van der Waals surface area contributed by atoms with E-state index in [1.165, 1.54) is 0 Å². The lowest BCUT2D eigenvalue weighted by molar-refractivity contribution is -0.128. The lowest BCUT2D eigenvalue weighted by atomic mass is 9.87. The summed E-state index contributed by atoms with van der Waals surface area (Å²) >= 11 is 0. The minimum absolute atomic E-state index is 0.00586. The van der Waals surface area contributed by atoms with Gasteiger partial charge in [0, 0.05) is 5.54 Å². The summed E-state index contributed by atoms with van der Waals surface area (Å²) in [5.41, 5.74) is 5.31. The zero-order chi connectivity index (χ0) is 13.2. The summed E-state index contributed by atoms with van der Waals surface area (Å²) in [6.45, 7) is 10.7. The fourth-order valence-electron chi connectivity index (χ4n) is 2.56. The van der Waals surface area contributed by atoms with Gasteiger partial charge in [0.2, 0.25) is 5.91 Å². The van der Waals surface area contributed by atoms with Gasteiger partial charge >= 0.3 is 0 Å². The average Bonchev–Trinajstić information content (AvgIpc) is 2.39. The Morgan fingerprint density at radius 1 is 1.29 bits per heavy atom. The van der Waals surface area contributed by atoms with Gasteiger partial charge in [-0.2, -0.15) is 0 Å². The van der Waals surface area contributed by atoms with Gasteiger partial charge in [-0.05, 0) is 46.6 Å². The number of amides is 1. The Labute approximate surface area is 104 Å². The molecule has 1 rings (SSSR count). The molecule has 0 aromatic rings. The van der Waals surface area contributed by atoms with Gasteiger partial charge in [-0.25, -0.2) is 0 Å². The Morgan fingerprint density at radius 2 is 1.88 bits per heavy atom. The second-order valence-electron chi connectivity index (χ2n) is 5.84. The van der Waals surface area contributed by atoms with Crippen molar-refractivity contribution >= 4 is 5.91 Å². The first-order chi connectivity index (χ1) is 7.78. The lowest BCUT2D eigenvalue weighted by Crippen LogP contribution is -2.49. The van der Waals surface area contributed by atoms with Crippen LogP contribution in [0, 0.1) is 11.8 Å². The summed E-state index contributed by atoms with van der Waals surface area (Å²) in [7, 11) is 0. The predicted molar refractivity (Wildman–Crippen MR) is 68.6 cm³/mol. The lowest BCUT2D eigenvalue weighted by Gasteiger charge is -2.29. The number of carbonyl (C=O) groups excluding carboxylic acids is 1. The van der Waals surface area contributed by atoms with E-state index in [0.717, 1.165) is 6.42 Å². The highest BCUT2D eigenvalue weighted by atomic mass is 16.5. The molecule has 4 unspecified atom stereocenters. The molecule has 100 valence electrons. The van der Waals surface area contributed by atoms with E-state index in [2.05, 4.69) is 12.2 Å². The molecule has 0 saturated carbocycles. The number of hydrogen-bond acceptors (Lipinski definition) is 3. The molecule has 0 bridgehead atoms. The maximum absolute atomic E-state index is 12.3. The van der Waals surface area contributed by atoms with E-state index < -0.39 is 0 Å². The van der Waals surface area contributed by atoms with E-state index >= 15 is 0 Å². The normalized spacial score (nSPS) is 33.8. The van der Waals surface area contributed by atoms with E-state index in [0.29, 0.717) is 6.54 Å². The third-order valence-electron chi connectivity index (χ3n) is 3.78. The molecular formula is C13H26N2O2. The molecule has 4 nitrogen and oxygen atoms in total. The van der Waals surface area contributed by atoms with Gasteiger partial charge in [0.1, 0.15) is 0 Å². The minimum atomic E-state index is -0.239. The van der Waals surface area contributed by atoms with Crippen molar-refractivity contribution in [2.24, 2.45) is 17.6 Å². The third-order valence-corrected chi connectivity index (χ3v) is 3.78. The highest BCUT2D eigenvalue weighted by Crippen LogP contribution is 2.32. The van der Waals surface area contributed by atoms with Gasteiger partial charge in [0.05, 0.1) is 18.1 Å². The van der Waals surface area contributed by atoms with Gasteiger partial charge < -0.3 is 15.8 Å². The van der Waals surface area contributed by atoms with E-state index in [1.807, 2.05) is 27.7 Å². The molecule has 17 heavy (non-hydrogen) atoms. The number of ether oxygens (including phenoxy) is 1. The Morgan fingerprint density at radius 3 is 2.29 bits per heavy atom. The summed E-state index contributed by atoms with van der Waals surface area (Å²) < 4.78 is 5.70. The van der Waals surface area contributed by atoms with E-state index in [9.17, 15) is 4.79 Å². The Bertz CT molecular complexity index is 279. The molecule has 4 atom stereocenters. The van der Waals surface area contributed by atoms with Crippen molar-refractivity contribution in [3.63, 3.8) is 0 Å². The molecule has 0 spiro atoms. The van der Waals surface area contributed by atoms with E-state index in [-0.39, 0.29) is 35.5 Å². The molecule has 1 amide bonds. The summed E-state index contributed by atoms with van der Waals surface area (Å²) in [5.74, 6) is 0.300. The fourth-order valence-corrected chi connectivity index (χ4v) is 2.56. The maximum Gasteiger partial charge on any atom is 0.226 e. The van der Waals surface area contributed by atoms with Gasteiger partial charge in [-0.15, -0.1) is 0 Å². The van der Waals surface area contributed by atoms with E-state index in [4.69, 9.17) is 10.5 Å². The molecule has 1 heterocycles. The monoisotopic (exact) mass is 242 g/mol. The summed E-state index contributed by atoms with van der Waals surface area (Å²) in [5, 5.41) is 3.08.